The number of imidazole rings is 1. The first kappa shape index (κ1) is 19.6. The Balaban J connectivity index is 1.74. The number of pyridine rings is 1. The van der Waals surface area contributed by atoms with Crippen LogP contribution in [0, 0.1) is 6.92 Å². The molecule has 0 saturated carbocycles. The number of aromatic nitrogens is 3. The third kappa shape index (κ3) is 3.39. The van der Waals surface area contributed by atoms with Crippen LogP contribution in [-0.2, 0) is 0 Å². The molecule has 5 rings (SSSR count). The van der Waals surface area contributed by atoms with E-state index in [1.165, 1.54) is 6.07 Å². The van der Waals surface area contributed by atoms with Crippen molar-refractivity contribution in [2.45, 2.75) is 6.92 Å². The number of H-pyrrole nitrogens is 1. The van der Waals surface area contributed by atoms with Crippen molar-refractivity contribution in [2.75, 3.05) is 7.11 Å². The number of aromatic hydroxyl groups is 1. The van der Waals surface area contributed by atoms with Crippen molar-refractivity contribution in [3.63, 3.8) is 0 Å². The molecule has 7 heteroatoms. The van der Waals surface area contributed by atoms with Gasteiger partial charge in [0.2, 0.25) is 11.2 Å². The summed E-state index contributed by atoms with van der Waals surface area (Å²) in [6.45, 7) is 1.66. The molecule has 0 aliphatic heterocycles. The van der Waals surface area contributed by atoms with Gasteiger partial charge in [0, 0.05) is 28.8 Å². The van der Waals surface area contributed by atoms with Crippen molar-refractivity contribution < 1.29 is 14.3 Å². The zero-order valence-electron chi connectivity index (χ0n) is 17.4. The average molecular weight is 425 g/mol. The molecule has 0 aliphatic rings. The Hall–Kier alpha value is -4.39. The van der Waals surface area contributed by atoms with E-state index in [0.717, 1.165) is 22.0 Å². The zero-order chi connectivity index (χ0) is 22.2. The van der Waals surface area contributed by atoms with E-state index in [-0.39, 0.29) is 5.76 Å². The smallest absolute Gasteiger partial charge is 0.227 e. The Morgan fingerprint density at radius 3 is 2.59 bits per heavy atom. The van der Waals surface area contributed by atoms with Crippen molar-refractivity contribution in [2.24, 2.45) is 0 Å². The van der Waals surface area contributed by atoms with Crippen molar-refractivity contribution in [3.8, 4) is 45.6 Å². The van der Waals surface area contributed by atoms with Crippen molar-refractivity contribution >= 4 is 10.9 Å². The van der Waals surface area contributed by atoms with Gasteiger partial charge in [-0.05, 0) is 55.5 Å². The Labute approximate surface area is 183 Å². The molecule has 0 spiro atoms. The van der Waals surface area contributed by atoms with Crippen LogP contribution in [0.25, 0.3) is 45.0 Å². The summed E-state index contributed by atoms with van der Waals surface area (Å²) in [5, 5.41) is 11.4. The summed E-state index contributed by atoms with van der Waals surface area (Å²) in [4.78, 5) is 24.6. The first-order valence-electron chi connectivity index (χ1n) is 9.97. The van der Waals surface area contributed by atoms with E-state index in [1.54, 1.807) is 20.2 Å². The van der Waals surface area contributed by atoms with Gasteiger partial charge >= 0.3 is 0 Å². The van der Waals surface area contributed by atoms with E-state index in [0.29, 0.717) is 28.7 Å². The van der Waals surface area contributed by atoms with E-state index in [9.17, 15) is 9.90 Å². The number of ether oxygens (including phenoxy) is 1. The lowest BCUT2D eigenvalue weighted by molar-refractivity contribution is 0.415. The van der Waals surface area contributed by atoms with Crippen molar-refractivity contribution in [3.05, 3.63) is 82.8 Å². The molecule has 5 aromatic rings. The van der Waals surface area contributed by atoms with E-state index in [1.807, 2.05) is 54.6 Å². The number of aromatic amines is 1. The summed E-state index contributed by atoms with van der Waals surface area (Å²) in [6, 6.07) is 18.3. The molecule has 0 radical (unpaired) electrons. The number of rotatable bonds is 4. The first-order valence-corrected chi connectivity index (χ1v) is 9.97. The fourth-order valence-corrected chi connectivity index (χ4v) is 3.63. The first-order chi connectivity index (χ1) is 15.5. The molecule has 32 heavy (non-hydrogen) atoms. The second kappa shape index (κ2) is 7.70. The van der Waals surface area contributed by atoms with Gasteiger partial charge in [-0.3, -0.25) is 9.78 Å². The van der Waals surface area contributed by atoms with E-state index < -0.39 is 11.2 Å². The maximum Gasteiger partial charge on any atom is 0.227 e. The van der Waals surface area contributed by atoms with E-state index in [2.05, 4.69) is 9.97 Å². The van der Waals surface area contributed by atoms with Crippen molar-refractivity contribution in [1.29, 1.82) is 0 Å². The number of nitrogens with one attached hydrogen (secondary N) is 1. The summed E-state index contributed by atoms with van der Waals surface area (Å²) in [6.07, 6.45) is 1.75. The summed E-state index contributed by atoms with van der Waals surface area (Å²) in [7, 11) is 1.60. The Bertz CT molecular complexity index is 1500. The summed E-state index contributed by atoms with van der Waals surface area (Å²) >= 11 is 0. The molecule has 0 bridgehead atoms. The van der Waals surface area contributed by atoms with E-state index >= 15 is 0 Å². The van der Waals surface area contributed by atoms with Crippen LogP contribution in [0.3, 0.4) is 0 Å². The number of hydrogen-bond acceptors (Lipinski definition) is 6. The summed E-state index contributed by atoms with van der Waals surface area (Å²) in [5.41, 5.74) is 2.92. The number of benzene rings is 2. The van der Waals surface area contributed by atoms with Crippen LogP contribution in [0.4, 0.5) is 0 Å². The lowest BCUT2D eigenvalue weighted by Crippen LogP contribution is -2.01. The van der Waals surface area contributed by atoms with Crippen LogP contribution in [0.15, 0.2) is 76.1 Å². The normalized spacial score (nSPS) is 11.1. The Kier molecular flexibility index (Phi) is 4.71. The number of hydrogen-bond donors (Lipinski definition) is 2. The van der Waals surface area contributed by atoms with Crippen LogP contribution in [0.5, 0.6) is 11.5 Å². The molecule has 0 amide bonds. The predicted octanol–water partition coefficient (Wildman–Crippen LogP) is 4.93. The van der Waals surface area contributed by atoms with Crippen molar-refractivity contribution in [1.82, 2.24) is 15.0 Å². The molecule has 0 fully saturated rings. The molecule has 158 valence electrons. The topological polar surface area (TPSA) is 101 Å². The van der Waals surface area contributed by atoms with Crippen LogP contribution < -0.4 is 10.2 Å². The third-order valence-corrected chi connectivity index (χ3v) is 5.22. The second-order valence-electron chi connectivity index (χ2n) is 7.35. The minimum atomic E-state index is -0.516. The van der Waals surface area contributed by atoms with Gasteiger partial charge in [0.1, 0.15) is 28.7 Å². The molecular weight excluding hydrogens is 406 g/mol. The average Bonchev–Trinajstić information content (AvgIpc) is 3.26. The van der Waals surface area contributed by atoms with Gasteiger partial charge in [0.25, 0.3) is 0 Å². The predicted molar refractivity (Wildman–Crippen MR) is 122 cm³/mol. The van der Waals surface area contributed by atoms with Gasteiger partial charge in [-0.2, -0.15) is 0 Å². The molecule has 0 aliphatic carbocycles. The minimum Gasteiger partial charge on any atom is -0.501 e. The molecule has 3 heterocycles. The molecule has 7 nitrogen and oxygen atoms in total. The Morgan fingerprint density at radius 2 is 1.81 bits per heavy atom. The van der Waals surface area contributed by atoms with Crippen LogP contribution in [0.2, 0.25) is 0 Å². The van der Waals surface area contributed by atoms with E-state index in [4.69, 9.17) is 14.1 Å². The SMILES string of the molecule is COc1ccc(-c2nc(-c3ccc4ncccc4c3)[nH]c2-c2oc(C)cc(=O)c2O)cc1. The minimum absolute atomic E-state index is 0.0435. The van der Waals surface area contributed by atoms with Gasteiger partial charge < -0.3 is 19.2 Å². The monoisotopic (exact) mass is 425 g/mol. The zero-order valence-corrected chi connectivity index (χ0v) is 17.4. The number of fused-ring (bicyclic) bond motifs is 1. The fourth-order valence-electron chi connectivity index (χ4n) is 3.63. The number of methoxy groups -OCH3 is 1. The second-order valence-corrected chi connectivity index (χ2v) is 7.35. The van der Waals surface area contributed by atoms with Gasteiger partial charge in [-0.25, -0.2) is 4.98 Å². The van der Waals surface area contributed by atoms with Crippen LogP contribution >= 0.6 is 0 Å². The van der Waals surface area contributed by atoms with Gasteiger partial charge in [0.15, 0.2) is 5.76 Å². The molecule has 0 saturated heterocycles. The van der Waals surface area contributed by atoms with Gasteiger partial charge in [-0.15, -0.1) is 0 Å². The number of nitrogens with zero attached hydrogens (tertiary/aromatic N) is 2. The van der Waals surface area contributed by atoms with Crippen LogP contribution in [0.1, 0.15) is 5.76 Å². The van der Waals surface area contributed by atoms with Gasteiger partial charge in [-0.1, -0.05) is 6.07 Å². The Morgan fingerprint density at radius 1 is 1.03 bits per heavy atom. The molecule has 2 aromatic carbocycles. The molecule has 0 unspecified atom stereocenters. The van der Waals surface area contributed by atoms with Crippen LogP contribution in [-0.4, -0.2) is 27.2 Å². The highest BCUT2D eigenvalue weighted by Gasteiger charge is 2.22. The lowest BCUT2D eigenvalue weighted by atomic mass is 10.1. The lowest BCUT2D eigenvalue weighted by Gasteiger charge is -2.06. The summed E-state index contributed by atoms with van der Waals surface area (Å²) in [5.74, 6) is 1.24. The molecule has 2 N–H and O–H groups in total. The standard InChI is InChI=1S/C25H19N3O4/c1-14-12-20(29)23(30)24(32-14)22-21(15-5-8-18(31-2)9-6-15)27-25(28-22)17-7-10-19-16(13-17)4-3-11-26-19/h3-13,30H,1-2H3,(H,27,28). The maximum absolute atomic E-state index is 12.2. The fraction of sp³-hybridized carbons (Fsp3) is 0.0800. The summed E-state index contributed by atoms with van der Waals surface area (Å²) < 4.78 is 11.0. The maximum atomic E-state index is 12.2. The number of aryl methyl sites for hydroxylation is 1. The quantitative estimate of drug-likeness (QED) is 0.423. The highest BCUT2D eigenvalue weighted by Crippen LogP contribution is 2.37. The highest BCUT2D eigenvalue weighted by molar-refractivity contribution is 5.85. The van der Waals surface area contributed by atoms with Gasteiger partial charge in [0.05, 0.1) is 12.6 Å². The largest absolute Gasteiger partial charge is 0.501 e. The third-order valence-electron chi connectivity index (χ3n) is 5.22. The molecule has 0 atom stereocenters. The molecule has 3 aromatic heterocycles. The molecular formula is C25H19N3O4. The highest BCUT2D eigenvalue weighted by atomic mass is 16.5.